The molecule has 1 rings (SSSR count). The van der Waals surface area contributed by atoms with E-state index in [9.17, 15) is 4.79 Å². The van der Waals surface area contributed by atoms with Crippen LogP contribution in [-0.2, 0) is 9.53 Å². The van der Waals surface area contributed by atoms with Gasteiger partial charge in [0, 0.05) is 13.5 Å². The van der Waals surface area contributed by atoms with Crippen molar-refractivity contribution in [1.82, 2.24) is 5.32 Å². The second kappa shape index (κ2) is 6.80. The van der Waals surface area contributed by atoms with E-state index in [-0.39, 0.29) is 12.0 Å². The number of hydrogen-bond acceptors (Lipinski definition) is 3. The van der Waals surface area contributed by atoms with Gasteiger partial charge in [0.25, 0.3) is 0 Å². The highest BCUT2D eigenvalue weighted by atomic mass is 16.5. The Bertz CT molecular complexity index is 197. The minimum atomic E-state index is 0.0371. The lowest BCUT2D eigenvalue weighted by Crippen LogP contribution is -2.34. The Labute approximate surface area is 91.5 Å². The fourth-order valence-electron chi connectivity index (χ4n) is 2.09. The topological polar surface area (TPSA) is 64.3 Å². The van der Waals surface area contributed by atoms with Gasteiger partial charge in [-0.25, -0.2) is 0 Å². The van der Waals surface area contributed by atoms with Gasteiger partial charge >= 0.3 is 0 Å². The van der Waals surface area contributed by atoms with E-state index < -0.39 is 0 Å². The van der Waals surface area contributed by atoms with Crippen LogP contribution in [0.25, 0.3) is 0 Å². The van der Waals surface area contributed by atoms with E-state index in [1.807, 2.05) is 0 Å². The van der Waals surface area contributed by atoms with Crippen molar-refractivity contribution in [3.05, 3.63) is 0 Å². The molecule has 2 unspecified atom stereocenters. The Morgan fingerprint density at radius 1 is 1.47 bits per heavy atom. The van der Waals surface area contributed by atoms with Gasteiger partial charge in [0.2, 0.25) is 5.91 Å². The molecule has 1 aliphatic rings. The molecule has 88 valence electrons. The molecule has 15 heavy (non-hydrogen) atoms. The minimum absolute atomic E-state index is 0.0371. The lowest BCUT2D eigenvalue weighted by atomic mass is 9.86. The van der Waals surface area contributed by atoms with E-state index in [0.717, 1.165) is 6.42 Å². The lowest BCUT2D eigenvalue weighted by Gasteiger charge is -2.30. The summed E-state index contributed by atoms with van der Waals surface area (Å²) in [5, 5.41) is 2.58. The molecule has 0 aromatic heterocycles. The maximum atomic E-state index is 11.0. The van der Waals surface area contributed by atoms with Crippen LogP contribution in [0.5, 0.6) is 0 Å². The van der Waals surface area contributed by atoms with Crippen LogP contribution < -0.4 is 11.1 Å². The van der Waals surface area contributed by atoms with Gasteiger partial charge in [-0.2, -0.15) is 0 Å². The Kier molecular flexibility index (Phi) is 5.65. The molecule has 0 aromatic carbocycles. The van der Waals surface area contributed by atoms with Crippen molar-refractivity contribution in [3.63, 3.8) is 0 Å². The Morgan fingerprint density at radius 2 is 2.20 bits per heavy atom. The third-order valence-corrected chi connectivity index (χ3v) is 3.08. The molecule has 0 heterocycles. The van der Waals surface area contributed by atoms with E-state index >= 15 is 0 Å². The number of nitrogens with two attached hydrogens (primary N) is 1. The van der Waals surface area contributed by atoms with Crippen LogP contribution in [0.2, 0.25) is 0 Å². The van der Waals surface area contributed by atoms with Gasteiger partial charge in [0.1, 0.15) is 0 Å². The van der Waals surface area contributed by atoms with Crippen LogP contribution in [0, 0.1) is 5.92 Å². The summed E-state index contributed by atoms with van der Waals surface area (Å²) in [7, 11) is 1.64. The molecule has 0 bridgehead atoms. The number of rotatable bonds is 5. The summed E-state index contributed by atoms with van der Waals surface area (Å²) in [4.78, 5) is 11.0. The summed E-state index contributed by atoms with van der Waals surface area (Å²) in [6, 6.07) is 0. The van der Waals surface area contributed by atoms with Crippen molar-refractivity contribution < 1.29 is 9.53 Å². The Morgan fingerprint density at radius 3 is 2.87 bits per heavy atom. The average molecular weight is 214 g/mol. The molecule has 0 spiro atoms. The zero-order chi connectivity index (χ0) is 11.1. The van der Waals surface area contributed by atoms with E-state index in [4.69, 9.17) is 10.5 Å². The summed E-state index contributed by atoms with van der Waals surface area (Å²) in [5.74, 6) is 0.526. The van der Waals surface area contributed by atoms with Gasteiger partial charge in [-0.15, -0.1) is 0 Å². The molecule has 1 aliphatic carbocycles. The first-order valence-electron chi connectivity index (χ1n) is 5.80. The van der Waals surface area contributed by atoms with Crippen LogP contribution in [0.15, 0.2) is 0 Å². The molecule has 0 aliphatic heterocycles. The molecule has 3 N–H and O–H groups in total. The van der Waals surface area contributed by atoms with Gasteiger partial charge in [-0.1, -0.05) is 12.8 Å². The van der Waals surface area contributed by atoms with E-state index in [0.29, 0.717) is 25.5 Å². The van der Waals surface area contributed by atoms with Gasteiger partial charge < -0.3 is 15.8 Å². The maximum Gasteiger partial charge on any atom is 0.222 e. The fraction of sp³-hybridized carbons (Fsp3) is 0.909. The number of carbonyl (C=O) groups excluding carboxylic acids is 1. The molecule has 1 amide bonds. The maximum absolute atomic E-state index is 11.0. The van der Waals surface area contributed by atoms with Crippen LogP contribution >= 0.6 is 0 Å². The van der Waals surface area contributed by atoms with Gasteiger partial charge in [0.05, 0.1) is 12.7 Å². The van der Waals surface area contributed by atoms with Crippen LogP contribution in [0.3, 0.4) is 0 Å². The SMILES string of the molecule is CNC(=O)CCOC1CCCCC1CN. The standard InChI is InChI=1S/C11H22N2O2/c1-13-11(14)6-7-15-10-5-3-2-4-9(10)8-12/h9-10H,2-8,12H2,1H3,(H,13,14). The smallest absolute Gasteiger partial charge is 0.222 e. The fourth-order valence-corrected chi connectivity index (χ4v) is 2.09. The molecule has 1 saturated carbocycles. The molecular weight excluding hydrogens is 192 g/mol. The van der Waals surface area contributed by atoms with Gasteiger partial charge in [-0.3, -0.25) is 4.79 Å². The lowest BCUT2D eigenvalue weighted by molar-refractivity contribution is -0.122. The van der Waals surface area contributed by atoms with Crippen LogP contribution in [0.4, 0.5) is 0 Å². The quantitative estimate of drug-likeness (QED) is 0.706. The predicted molar refractivity (Wildman–Crippen MR) is 59.4 cm³/mol. The van der Waals surface area contributed by atoms with Crippen molar-refractivity contribution in [1.29, 1.82) is 0 Å². The molecule has 0 aromatic rings. The zero-order valence-corrected chi connectivity index (χ0v) is 9.50. The molecule has 0 radical (unpaired) electrons. The predicted octanol–water partition coefficient (Wildman–Crippen LogP) is 0.657. The molecule has 2 atom stereocenters. The summed E-state index contributed by atoms with van der Waals surface area (Å²) in [6.45, 7) is 1.21. The number of nitrogens with one attached hydrogen (secondary N) is 1. The number of ether oxygens (including phenoxy) is 1. The highest BCUT2D eigenvalue weighted by Crippen LogP contribution is 2.25. The second-order valence-electron chi connectivity index (χ2n) is 4.11. The zero-order valence-electron chi connectivity index (χ0n) is 9.50. The summed E-state index contributed by atoms with van der Waals surface area (Å²) in [6.07, 6.45) is 5.47. The first-order chi connectivity index (χ1) is 7.27. The van der Waals surface area contributed by atoms with E-state index in [1.54, 1.807) is 7.05 Å². The highest BCUT2D eigenvalue weighted by Gasteiger charge is 2.24. The number of hydrogen-bond donors (Lipinski definition) is 2. The molecule has 1 fully saturated rings. The Balaban J connectivity index is 2.20. The van der Waals surface area contributed by atoms with Crippen molar-refractivity contribution in [2.75, 3.05) is 20.2 Å². The second-order valence-corrected chi connectivity index (χ2v) is 4.11. The van der Waals surface area contributed by atoms with Crippen molar-refractivity contribution >= 4 is 5.91 Å². The van der Waals surface area contributed by atoms with Crippen molar-refractivity contribution in [2.45, 2.75) is 38.2 Å². The summed E-state index contributed by atoms with van der Waals surface area (Å²) < 4.78 is 5.72. The largest absolute Gasteiger partial charge is 0.377 e. The Hall–Kier alpha value is -0.610. The average Bonchev–Trinajstić information content (AvgIpc) is 2.29. The van der Waals surface area contributed by atoms with E-state index in [1.165, 1.54) is 19.3 Å². The number of amides is 1. The van der Waals surface area contributed by atoms with Crippen molar-refractivity contribution in [3.8, 4) is 0 Å². The normalized spacial score (nSPS) is 26.3. The van der Waals surface area contributed by atoms with Gasteiger partial charge in [0.15, 0.2) is 0 Å². The molecule has 4 nitrogen and oxygen atoms in total. The summed E-state index contributed by atoms with van der Waals surface area (Å²) >= 11 is 0. The molecule has 4 heteroatoms. The van der Waals surface area contributed by atoms with Gasteiger partial charge in [-0.05, 0) is 25.3 Å². The van der Waals surface area contributed by atoms with E-state index in [2.05, 4.69) is 5.32 Å². The third kappa shape index (κ3) is 4.18. The first kappa shape index (κ1) is 12.5. The third-order valence-electron chi connectivity index (χ3n) is 3.08. The molecular formula is C11H22N2O2. The van der Waals surface area contributed by atoms with Crippen molar-refractivity contribution in [2.24, 2.45) is 11.7 Å². The molecule has 0 saturated heterocycles. The number of carbonyl (C=O) groups is 1. The summed E-state index contributed by atoms with van der Waals surface area (Å²) in [5.41, 5.74) is 5.69. The first-order valence-corrected chi connectivity index (χ1v) is 5.80. The minimum Gasteiger partial charge on any atom is -0.377 e. The highest BCUT2D eigenvalue weighted by molar-refractivity contribution is 5.75. The van der Waals surface area contributed by atoms with Crippen LogP contribution in [-0.4, -0.2) is 32.2 Å². The monoisotopic (exact) mass is 214 g/mol. The van der Waals surface area contributed by atoms with Crippen LogP contribution in [0.1, 0.15) is 32.1 Å².